The zero-order valence-corrected chi connectivity index (χ0v) is 21.0. The minimum absolute atomic E-state index is 0.0480. The van der Waals surface area contributed by atoms with E-state index in [-0.39, 0.29) is 15.1 Å². The number of halogens is 2. The van der Waals surface area contributed by atoms with Crippen LogP contribution in [-0.2, 0) is 21.2 Å². The molecule has 0 radical (unpaired) electrons. The highest BCUT2D eigenvalue weighted by atomic mass is 35.5. The number of imidazole rings is 1. The molecule has 3 aromatic carbocycles. The number of carbonyl (C=O) groups excluding carboxylic acids is 1. The van der Waals surface area contributed by atoms with Crippen LogP contribution in [0.15, 0.2) is 88.8 Å². The molecule has 1 heterocycles. The molecule has 0 saturated carbocycles. The van der Waals surface area contributed by atoms with Gasteiger partial charge in [0.2, 0.25) is 16.2 Å². The van der Waals surface area contributed by atoms with Crippen molar-refractivity contribution in [2.45, 2.75) is 18.4 Å². The Balaban J connectivity index is 1.89. The second-order valence-electron chi connectivity index (χ2n) is 7.78. The molecule has 4 aromatic rings. The lowest BCUT2D eigenvalue weighted by Crippen LogP contribution is -2.20. The molecule has 0 aliphatic carbocycles. The summed E-state index contributed by atoms with van der Waals surface area (Å²) in [5.74, 6) is 0.551. The lowest BCUT2D eigenvalue weighted by Gasteiger charge is -2.13. The van der Waals surface area contributed by atoms with Gasteiger partial charge in [-0.2, -0.15) is 0 Å². The van der Waals surface area contributed by atoms with Crippen molar-refractivity contribution in [1.29, 1.82) is 0 Å². The van der Waals surface area contributed by atoms with Crippen molar-refractivity contribution in [1.82, 2.24) is 14.9 Å². The summed E-state index contributed by atoms with van der Waals surface area (Å²) in [6, 6.07) is 23.1. The van der Waals surface area contributed by atoms with E-state index < -0.39 is 9.84 Å². The van der Waals surface area contributed by atoms with Crippen molar-refractivity contribution in [2.75, 3.05) is 0 Å². The van der Waals surface area contributed by atoms with E-state index in [0.717, 1.165) is 16.7 Å². The highest BCUT2D eigenvalue weighted by molar-refractivity contribution is 7.95. The highest BCUT2D eigenvalue weighted by Crippen LogP contribution is 2.30. The normalized spacial score (nSPS) is 11.9. The van der Waals surface area contributed by atoms with Gasteiger partial charge in [0.1, 0.15) is 10.9 Å². The molecule has 0 aliphatic rings. The standard InChI is InChI=1S/C26H21Cl2N3O3S/c1-18-7-13-22(14-8-18)35(33,34)24(29-17-32)15-23-25(28)30-26(20-5-3-2-4-6-20)31(23)16-19-9-11-21(27)12-10-19/h2-15,17H,16H2,1H3,(H,29,32)/b24-15+. The number of nitrogens with zero attached hydrogens (tertiary/aromatic N) is 2. The van der Waals surface area contributed by atoms with E-state index in [1.165, 1.54) is 18.2 Å². The van der Waals surface area contributed by atoms with Gasteiger partial charge in [0, 0.05) is 23.2 Å². The number of nitrogens with one attached hydrogen (secondary N) is 1. The molecule has 1 N–H and O–H groups in total. The van der Waals surface area contributed by atoms with Crippen LogP contribution in [0.25, 0.3) is 17.5 Å². The Kier molecular flexibility index (Phi) is 7.40. The molecule has 4 rings (SSSR count). The maximum absolute atomic E-state index is 13.4. The SMILES string of the molecule is Cc1ccc(S(=O)(=O)/C(=C/c2c(Cl)nc(-c3ccccc3)n2Cc2ccc(Cl)cc2)NC=O)cc1. The summed E-state index contributed by atoms with van der Waals surface area (Å²) in [4.78, 5) is 15.9. The molecule has 0 atom stereocenters. The molecule has 178 valence electrons. The van der Waals surface area contributed by atoms with E-state index in [2.05, 4.69) is 10.3 Å². The maximum Gasteiger partial charge on any atom is 0.221 e. The van der Waals surface area contributed by atoms with Crippen LogP contribution < -0.4 is 5.32 Å². The zero-order chi connectivity index (χ0) is 25.0. The van der Waals surface area contributed by atoms with E-state index in [4.69, 9.17) is 23.2 Å². The maximum atomic E-state index is 13.4. The Morgan fingerprint density at radius 3 is 2.26 bits per heavy atom. The summed E-state index contributed by atoms with van der Waals surface area (Å²) in [5.41, 5.74) is 2.95. The molecule has 1 amide bonds. The van der Waals surface area contributed by atoms with Gasteiger partial charge in [-0.05, 0) is 36.8 Å². The lowest BCUT2D eigenvalue weighted by atomic mass is 10.2. The van der Waals surface area contributed by atoms with Crippen molar-refractivity contribution in [3.05, 3.63) is 111 Å². The predicted octanol–water partition coefficient (Wildman–Crippen LogP) is 5.73. The fourth-order valence-electron chi connectivity index (χ4n) is 3.54. The predicted molar refractivity (Wildman–Crippen MR) is 139 cm³/mol. The van der Waals surface area contributed by atoms with E-state index in [0.29, 0.717) is 29.5 Å². The van der Waals surface area contributed by atoms with Crippen molar-refractivity contribution in [3.8, 4) is 11.4 Å². The number of aromatic nitrogens is 2. The monoisotopic (exact) mass is 525 g/mol. The molecule has 0 spiro atoms. The van der Waals surface area contributed by atoms with Crippen molar-refractivity contribution in [3.63, 3.8) is 0 Å². The fourth-order valence-corrected chi connectivity index (χ4v) is 5.12. The molecule has 0 saturated heterocycles. The summed E-state index contributed by atoms with van der Waals surface area (Å²) in [6.07, 6.45) is 1.66. The Bertz CT molecular complexity index is 1480. The Morgan fingerprint density at radius 1 is 0.971 bits per heavy atom. The van der Waals surface area contributed by atoms with Crippen LogP contribution in [0.4, 0.5) is 0 Å². The number of amides is 1. The largest absolute Gasteiger partial charge is 0.319 e. The van der Waals surface area contributed by atoms with Gasteiger partial charge in [0.25, 0.3) is 0 Å². The smallest absolute Gasteiger partial charge is 0.221 e. The number of sulfone groups is 1. The van der Waals surface area contributed by atoms with Crippen LogP contribution in [0.3, 0.4) is 0 Å². The number of benzene rings is 3. The van der Waals surface area contributed by atoms with Crippen LogP contribution in [0, 0.1) is 6.92 Å². The summed E-state index contributed by atoms with van der Waals surface area (Å²) >= 11 is 12.6. The third kappa shape index (κ3) is 5.48. The molecule has 9 heteroatoms. The molecule has 35 heavy (non-hydrogen) atoms. The van der Waals surface area contributed by atoms with Crippen LogP contribution in [0.1, 0.15) is 16.8 Å². The average Bonchev–Trinajstić information content (AvgIpc) is 3.16. The van der Waals surface area contributed by atoms with Crippen molar-refractivity contribution in [2.24, 2.45) is 0 Å². The molecule has 0 bridgehead atoms. The minimum atomic E-state index is -4.04. The van der Waals surface area contributed by atoms with Gasteiger partial charge in [0.15, 0.2) is 5.15 Å². The van der Waals surface area contributed by atoms with Gasteiger partial charge < -0.3 is 9.88 Å². The van der Waals surface area contributed by atoms with E-state index in [1.807, 2.05) is 49.4 Å². The first-order valence-electron chi connectivity index (χ1n) is 10.6. The number of hydrogen-bond donors (Lipinski definition) is 1. The first-order valence-corrected chi connectivity index (χ1v) is 12.8. The van der Waals surface area contributed by atoms with E-state index >= 15 is 0 Å². The first-order chi connectivity index (χ1) is 16.8. The Morgan fingerprint density at radius 2 is 1.63 bits per heavy atom. The summed E-state index contributed by atoms with van der Waals surface area (Å²) in [6.45, 7) is 2.20. The van der Waals surface area contributed by atoms with Gasteiger partial charge in [-0.1, -0.05) is 83.4 Å². The van der Waals surface area contributed by atoms with Crippen LogP contribution in [0.5, 0.6) is 0 Å². The topological polar surface area (TPSA) is 81.1 Å². The Hall–Kier alpha value is -3.39. The van der Waals surface area contributed by atoms with Crippen molar-refractivity contribution >= 4 is 45.5 Å². The van der Waals surface area contributed by atoms with Gasteiger partial charge in [-0.15, -0.1) is 0 Å². The summed E-state index contributed by atoms with van der Waals surface area (Å²) < 4.78 is 28.5. The fraction of sp³-hybridized carbons (Fsp3) is 0.0769. The van der Waals surface area contributed by atoms with Gasteiger partial charge in [-0.3, -0.25) is 4.79 Å². The molecule has 1 aromatic heterocycles. The molecular weight excluding hydrogens is 505 g/mol. The van der Waals surface area contributed by atoms with Gasteiger partial charge in [0.05, 0.1) is 10.6 Å². The second-order valence-corrected chi connectivity index (χ2v) is 10.5. The van der Waals surface area contributed by atoms with Gasteiger partial charge >= 0.3 is 0 Å². The molecular formula is C26H21Cl2N3O3S. The van der Waals surface area contributed by atoms with Crippen molar-refractivity contribution < 1.29 is 13.2 Å². The van der Waals surface area contributed by atoms with E-state index in [1.54, 1.807) is 28.8 Å². The van der Waals surface area contributed by atoms with E-state index in [9.17, 15) is 13.2 Å². The number of aryl methyl sites for hydroxylation is 1. The third-order valence-electron chi connectivity index (χ3n) is 5.34. The van der Waals surface area contributed by atoms with Crippen LogP contribution in [-0.4, -0.2) is 24.4 Å². The molecule has 0 unspecified atom stereocenters. The highest BCUT2D eigenvalue weighted by Gasteiger charge is 2.24. The molecule has 0 aliphatic heterocycles. The van der Waals surface area contributed by atoms with Crippen LogP contribution >= 0.6 is 23.2 Å². The number of rotatable bonds is 8. The third-order valence-corrected chi connectivity index (χ3v) is 7.58. The number of hydrogen-bond acceptors (Lipinski definition) is 4. The van der Waals surface area contributed by atoms with Gasteiger partial charge in [-0.25, -0.2) is 13.4 Å². The molecule has 6 nitrogen and oxygen atoms in total. The molecule has 0 fully saturated rings. The zero-order valence-electron chi connectivity index (χ0n) is 18.7. The first kappa shape index (κ1) is 24.7. The quantitative estimate of drug-likeness (QED) is 0.297. The summed E-state index contributed by atoms with van der Waals surface area (Å²) in [7, 11) is -4.04. The minimum Gasteiger partial charge on any atom is -0.319 e. The number of carbonyl (C=O) groups is 1. The summed E-state index contributed by atoms with van der Waals surface area (Å²) in [5, 5.41) is 2.72. The second kappa shape index (κ2) is 10.5. The average molecular weight is 526 g/mol. The van der Waals surface area contributed by atoms with Crippen LogP contribution in [0.2, 0.25) is 10.2 Å². The Labute approximate surface area is 213 Å². The lowest BCUT2D eigenvalue weighted by molar-refractivity contribution is -0.108.